The number of esters is 1. The number of rotatable bonds is 7. The molecular weight excluding hydrogens is 440 g/mol. The fraction of sp³-hybridized carbons (Fsp3) is 0.300. The van der Waals surface area contributed by atoms with E-state index in [1.807, 2.05) is 29.8 Å². The number of amides is 1. The van der Waals surface area contributed by atoms with Crippen LogP contribution in [0, 0.1) is 18.3 Å². The highest BCUT2D eigenvalue weighted by Gasteiger charge is 2.36. The summed E-state index contributed by atoms with van der Waals surface area (Å²) in [7, 11) is 0. The van der Waals surface area contributed by atoms with Crippen molar-refractivity contribution in [3.63, 3.8) is 0 Å². The van der Waals surface area contributed by atoms with Crippen molar-refractivity contribution in [3.8, 4) is 6.07 Å². The second-order valence-corrected chi connectivity index (χ2v) is 9.14. The van der Waals surface area contributed by atoms with E-state index in [1.54, 1.807) is 13.8 Å². The molecule has 156 valence electrons. The van der Waals surface area contributed by atoms with Crippen LogP contribution in [-0.2, 0) is 14.3 Å². The molecule has 0 aliphatic carbocycles. The van der Waals surface area contributed by atoms with Crippen LogP contribution in [0.1, 0.15) is 30.3 Å². The number of dihydropyridines is 1. The zero-order valence-electron chi connectivity index (χ0n) is 16.6. The Hall–Kier alpha value is -2.61. The smallest absolute Gasteiger partial charge is 0.336 e. The van der Waals surface area contributed by atoms with Crippen LogP contribution in [0.2, 0.25) is 0 Å². The van der Waals surface area contributed by atoms with Gasteiger partial charge in [0.05, 0.1) is 46.2 Å². The van der Waals surface area contributed by atoms with Crippen molar-refractivity contribution in [2.45, 2.75) is 26.7 Å². The van der Waals surface area contributed by atoms with Crippen molar-refractivity contribution in [1.82, 2.24) is 10.3 Å². The average molecular weight is 461 g/mol. The number of aromatic nitrogens is 1. The minimum Gasteiger partial charge on any atom is -0.463 e. The van der Waals surface area contributed by atoms with Crippen LogP contribution in [0.15, 0.2) is 44.8 Å². The van der Waals surface area contributed by atoms with Crippen molar-refractivity contribution >= 4 is 51.4 Å². The first-order chi connectivity index (χ1) is 14.4. The molecule has 0 aromatic carbocycles. The minimum absolute atomic E-state index is 0.103. The van der Waals surface area contributed by atoms with E-state index in [4.69, 9.17) is 4.74 Å². The average Bonchev–Trinajstić information content (AvgIpc) is 3.37. The summed E-state index contributed by atoms with van der Waals surface area (Å²) in [5.41, 5.74) is 2.28. The van der Waals surface area contributed by atoms with Crippen molar-refractivity contribution in [1.29, 1.82) is 5.26 Å². The monoisotopic (exact) mass is 460 g/mol. The lowest BCUT2D eigenvalue weighted by Crippen LogP contribution is -2.29. The van der Waals surface area contributed by atoms with E-state index >= 15 is 0 Å². The van der Waals surface area contributed by atoms with Gasteiger partial charge in [-0.2, -0.15) is 5.26 Å². The van der Waals surface area contributed by atoms with Gasteiger partial charge in [0.15, 0.2) is 5.13 Å². The lowest BCUT2D eigenvalue weighted by molar-refractivity contribution is -0.138. The molecule has 30 heavy (non-hydrogen) atoms. The molecule has 0 bridgehead atoms. The number of ether oxygens (including phenoxy) is 1. The van der Waals surface area contributed by atoms with Crippen molar-refractivity contribution in [2.75, 3.05) is 17.7 Å². The Morgan fingerprint density at radius 1 is 1.40 bits per heavy atom. The summed E-state index contributed by atoms with van der Waals surface area (Å²) in [5, 5.41) is 20.7. The number of aryl methyl sites for hydroxylation is 1. The summed E-state index contributed by atoms with van der Waals surface area (Å²) in [4.78, 5) is 30.0. The molecule has 3 heterocycles. The summed E-state index contributed by atoms with van der Waals surface area (Å²) in [6.45, 7) is 5.63. The fourth-order valence-electron chi connectivity index (χ4n) is 2.95. The second kappa shape index (κ2) is 9.93. The summed E-state index contributed by atoms with van der Waals surface area (Å²) < 4.78 is 5.23. The van der Waals surface area contributed by atoms with Crippen molar-refractivity contribution in [3.05, 3.63) is 55.3 Å². The Kier molecular flexibility index (Phi) is 7.31. The van der Waals surface area contributed by atoms with E-state index < -0.39 is 11.9 Å². The highest BCUT2D eigenvalue weighted by Crippen LogP contribution is 2.42. The van der Waals surface area contributed by atoms with E-state index in [2.05, 4.69) is 21.7 Å². The number of hydrogen-bond donors (Lipinski definition) is 2. The van der Waals surface area contributed by atoms with Crippen LogP contribution in [0.25, 0.3) is 0 Å². The fourth-order valence-corrected chi connectivity index (χ4v) is 5.39. The van der Waals surface area contributed by atoms with Gasteiger partial charge in [-0.15, -0.1) is 22.7 Å². The molecule has 0 radical (unpaired) electrons. The first kappa shape index (κ1) is 22.1. The summed E-state index contributed by atoms with van der Waals surface area (Å²) >= 11 is 4.06. The predicted octanol–water partition coefficient (Wildman–Crippen LogP) is 4.14. The standard InChI is InChI=1S/C20H20N4O3S3/c1-4-27-19(26)16-12(3)23-18(13(8-21)17(16)14-6-5-7-28-14)29-10-15(25)24-20-22-11(2)9-30-20/h5-7,9,17,23H,4,10H2,1-3H3,(H,22,24,25)/t17-/m1/s1. The normalized spacial score (nSPS) is 16.1. The number of thioether (sulfide) groups is 1. The van der Waals surface area contributed by atoms with Crippen LogP contribution in [-0.4, -0.2) is 29.2 Å². The third-order valence-electron chi connectivity index (χ3n) is 4.18. The molecule has 0 saturated carbocycles. The number of allylic oxidation sites excluding steroid dienone is 2. The number of carbonyl (C=O) groups is 2. The Balaban J connectivity index is 1.84. The molecule has 1 aliphatic heterocycles. The molecule has 2 aromatic heterocycles. The zero-order valence-corrected chi connectivity index (χ0v) is 19.1. The van der Waals surface area contributed by atoms with Gasteiger partial charge in [0.25, 0.3) is 0 Å². The Morgan fingerprint density at radius 2 is 2.20 bits per heavy atom. The summed E-state index contributed by atoms with van der Waals surface area (Å²) in [6, 6.07) is 6.01. The molecule has 1 amide bonds. The molecule has 0 spiro atoms. The van der Waals surface area contributed by atoms with Crippen LogP contribution in [0.4, 0.5) is 5.13 Å². The first-order valence-corrected chi connectivity index (χ1v) is 11.9. The zero-order chi connectivity index (χ0) is 21.7. The van der Waals surface area contributed by atoms with Gasteiger partial charge in [0, 0.05) is 16.0 Å². The van der Waals surface area contributed by atoms with Gasteiger partial charge in [-0.3, -0.25) is 4.79 Å². The summed E-state index contributed by atoms with van der Waals surface area (Å²) in [6.07, 6.45) is 0. The lowest BCUT2D eigenvalue weighted by atomic mass is 9.87. The molecule has 1 aliphatic rings. The van der Waals surface area contributed by atoms with Gasteiger partial charge in [0.2, 0.25) is 5.91 Å². The molecule has 2 aromatic rings. The highest BCUT2D eigenvalue weighted by atomic mass is 32.2. The van der Waals surface area contributed by atoms with Crippen molar-refractivity contribution in [2.24, 2.45) is 0 Å². The summed E-state index contributed by atoms with van der Waals surface area (Å²) in [5.74, 6) is -1.09. The Bertz CT molecular complexity index is 1050. The lowest BCUT2D eigenvalue weighted by Gasteiger charge is -2.28. The molecule has 0 fully saturated rings. The third-order valence-corrected chi connectivity index (χ3v) is 7.01. The largest absolute Gasteiger partial charge is 0.463 e. The predicted molar refractivity (Wildman–Crippen MR) is 120 cm³/mol. The Morgan fingerprint density at radius 3 is 2.80 bits per heavy atom. The maximum Gasteiger partial charge on any atom is 0.336 e. The van der Waals surface area contributed by atoms with Gasteiger partial charge < -0.3 is 15.4 Å². The number of nitrogens with one attached hydrogen (secondary N) is 2. The van der Waals surface area contributed by atoms with Gasteiger partial charge in [0.1, 0.15) is 0 Å². The van der Waals surface area contributed by atoms with Crippen LogP contribution in [0.5, 0.6) is 0 Å². The molecule has 0 unspecified atom stereocenters. The molecule has 1 atom stereocenters. The molecule has 0 saturated heterocycles. The van der Waals surface area contributed by atoms with E-state index in [1.165, 1.54) is 34.4 Å². The maximum atomic E-state index is 12.6. The number of nitrogens with zero attached hydrogens (tertiary/aromatic N) is 2. The Labute approximate surface area is 186 Å². The van der Waals surface area contributed by atoms with Crippen LogP contribution >= 0.6 is 34.4 Å². The second-order valence-electron chi connectivity index (χ2n) is 6.32. The van der Waals surface area contributed by atoms with E-state index in [0.29, 0.717) is 27.0 Å². The van der Waals surface area contributed by atoms with Gasteiger partial charge in [-0.05, 0) is 32.2 Å². The van der Waals surface area contributed by atoms with Crippen molar-refractivity contribution < 1.29 is 14.3 Å². The van der Waals surface area contributed by atoms with Gasteiger partial charge >= 0.3 is 5.97 Å². The van der Waals surface area contributed by atoms with E-state index in [0.717, 1.165) is 10.6 Å². The van der Waals surface area contributed by atoms with Crippen LogP contribution < -0.4 is 10.6 Å². The topological polar surface area (TPSA) is 104 Å². The van der Waals surface area contributed by atoms with E-state index in [9.17, 15) is 14.9 Å². The molecule has 10 heteroatoms. The maximum absolute atomic E-state index is 12.6. The van der Waals surface area contributed by atoms with Gasteiger partial charge in [-0.1, -0.05) is 17.8 Å². The number of hydrogen-bond acceptors (Lipinski definition) is 9. The molecule has 3 rings (SSSR count). The third kappa shape index (κ3) is 4.92. The molecule has 2 N–H and O–H groups in total. The molecule has 7 nitrogen and oxygen atoms in total. The number of thiophene rings is 1. The molecular formula is C20H20N4O3S3. The highest BCUT2D eigenvalue weighted by molar-refractivity contribution is 8.03. The number of nitriles is 1. The number of anilines is 1. The quantitative estimate of drug-likeness (QED) is 0.598. The van der Waals surface area contributed by atoms with Crippen LogP contribution in [0.3, 0.4) is 0 Å². The van der Waals surface area contributed by atoms with Gasteiger partial charge in [-0.25, -0.2) is 9.78 Å². The number of carbonyl (C=O) groups excluding carboxylic acids is 2. The number of thiazole rings is 1. The SMILES string of the molecule is CCOC(=O)C1=C(C)NC(SCC(=O)Nc2nc(C)cs2)=C(C#N)[C@@H]1c1cccs1. The first-order valence-electron chi connectivity index (χ1n) is 9.12. The minimum atomic E-state index is -0.525. The van der Waals surface area contributed by atoms with E-state index in [-0.39, 0.29) is 18.3 Å².